The topological polar surface area (TPSA) is 94.9 Å². The number of carboxylic acid groups (broad SMARTS) is 1. The van der Waals surface area contributed by atoms with Crippen LogP contribution >= 0.6 is 0 Å². The molecule has 1 atom stereocenters. The fraction of sp³-hybridized carbons (Fsp3) is 0.174. The van der Waals surface area contributed by atoms with Gasteiger partial charge in [-0.1, -0.05) is 48.5 Å². The Bertz CT molecular complexity index is 1010. The average Bonchev–Trinajstić information content (AvgIpc) is 2.98. The standard InChI is InChI=1S/C23H20FNO5/c24-17-11-9-16(10-12-17)21-20(18(26)13-8-15-5-2-1-3-6-15)22(29)23(30)25(21)14-4-7-19(27)28/h1-3,5-6,8-13,21,29H,4,7,14H2,(H,27,28)/b13-8+/t21-/m1/s1. The number of aliphatic hydroxyl groups is 1. The molecule has 2 aromatic carbocycles. The quantitative estimate of drug-likeness (QED) is 0.649. The molecule has 0 aliphatic carbocycles. The summed E-state index contributed by atoms with van der Waals surface area (Å²) in [5.41, 5.74) is 1.10. The predicted molar refractivity (Wildman–Crippen MR) is 108 cm³/mol. The van der Waals surface area contributed by atoms with E-state index in [2.05, 4.69) is 0 Å². The molecule has 0 aromatic heterocycles. The Morgan fingerprint density at radius 2 is 1.73 bits per heavy atom. The van der Waals surface area contributed by atoms with Gasteiger partial charge >= 0.3 is 5.97 Å². The summed E-state index contributed by atoms with van der Waals surface area (Å²) in [5, 5.41) is 19.3. The number of carbonyl (C=O) groups is 3. The third kappa shape index (κ3) is 4.63. The Kier molecular flexibility index (Phi) is 6.41. The lowest BCUT2D eigenvalue weighted by Gasteiger charge is -2.26. The minimum absolute atomic E-state index is 0.0242. The lowest BCUT2D eigenvalue weighted by molar-refractivity contribution is -0.138. The van der Waals surface area contributed by atoms with Crippen LogP contribution in [0.4, 0.5) is 4.39 Å². The summed E-state index contributed by atoms with van der Waals surface area (Å²) in [6.45, 7) is 0.0242. The van der Waals surface area contributed by atoms with E-state index in [0.717, 1.165) is 5.56 Å². The van der Waals surface area contributed by atoms with Gasteiger partial charge < -0.3 is 15.1 Å². The summed E-state index contributed by atoms with van der Waals surface area (Å²) in [6, 6.07) is 13.4. The molecule has 2 aromatic rings. The third-order valence-electron chi connectivity index (χ3n) is 4.77. The average molecular weight is 409 g/mol. The minimum atomic E-state index is -1.01. The second kappa shape index (κ2) is 9.17. The summed E-state index contributed by atoms with van der Waals surface area (Å²) in [7, 11) is 0. The van der Waals surface area contributed by atoms with Gasteiger partial charge in [-0.15, -0.1) is 0 Å². The zero-order valence-corrected chi connectivity index (χ0v) is 16.0. The van der Waals surface area contributed by atoms with Crippen molar-refractivity contribution in [1.82, 2.24) is 4.90 Å². The Balaban J connectivity index is 1.94. The van der Waals surface area contributed by atoms with Crippen LogP contribution in [0, 0.1) is 5.82 Å². The Morgan fingerprint density at radius 1 is 1.07 bits per heavy atom. The second-order valence-corrected chi connectivity index (χ2v) is 6.82. The van der Waals surface area contributed by atoms with Gasteiger partial charge in [-0.25, -0.2) is 4.39 Å². The first-order valence-corrected chi connectivity index (χ1v) is 9.37. The van der Waals surface area contributed by atoms with E-state index in [0.29, 0.717) is 5.56 Å². The minimum Gasteiger partial charge on any atom is -0.503 e. The van der Waals surface area contributed by atoms with Gasteiger partial charge in [0.2, 0.25) is 0 Å². The van der Waals surface area contributed by atoms with Crippen molar-refractivity contribution in [3.05, 3.63) is 88.9 Å². The largest absolute Gasteiger partial charge is 0.503 e. The molecule has 1 aliphatic rings. The third-order valence-corrected chi connectivity index (χ3v) is 4.77. The summed E-state index contributed by atoms with van der Waals surface area (Å²) >= 11 is 0. The molecule has 3 rings (SSSR count). The fourth-order valence-electron chi connectivity index (χ4n) is 3.35. The van der Waals surface area contributed by atoms with Crippen molar-refractivity contribution in [1.29, 1.82) is 0 Å². The van der Waals surface area contributed by atoms with Crippen LogP contribution in [0.1, 0.15) is 30.0 Å². The van der Waals surface area contributed by atoms with Crippen LogP contribution in [0.25, 0.3) is 6.08 Å². The molecule has 7 heteroatoms. The van der Waals surface area contributed by atoms with Gasteiger partial charge in [0.05, 0.1) is 11.6 Å². The van der Waals surface area contributed by atoms with Gasteiger partial charge in [0, 0.05) is 13.0 Å². The molecule has 6 nitrogen and oxygen atoms in total. The molecule has 154 valence electrons. The van der Waals surface area contributed by atoms with Crippen LogP contribution < -0.4 is 0 Å². The maximum atomic E-state index is 13.4. The zero-order chi connectivity index (χ0) is 21.7. The number of carbonyl (C=O) groups excluding carboxylic acids is 2. The number of ketones is 1. The first-order chi connectivity index (χ1) is 14.4. The molecule has 0 bridgehead atoms. The van der Waals surface area contributed by atoms with Crippen molar-refractivity contribution in [3.63, 3.8) is 0 Å². The first-order valence-electron chi connectivity index (χ1n) is 9.37. The highest BCUT2D eigenvalue weighted by Crippen LogP contribution is 2.38. The van der Waals surface area contributed by atoms with Gasteiger partial charge in [0.25, 0.3) is 5.91 Å². The van der Waals surface area contributed by atoms with E-state index >= 15 is 0 Å². The van der Waals surface area contributed by atoms with Gasteiger partial charge in [0.15, 0.2) is 11.5 Å². The predicted octanol–water partition coefficient (Wildman–Crippen LogP) is 3.67. The Labute approximate surface area is 172 Å². The number of hydrogen-bond donors (Lipinski definition) is 2. The van der Waals surface area contributed by atoms with Crippen molar-refractivity contribution in [2.45, 2.75) is 18.9 Å². The van der Waals surface area contributed by atoms with Crippen LogP contribution in [0.15, 0.2) is 72.0 Å². The number of hydrogen-bond acceptors (Lipinski definition) is 4. The summed E-state index contributed by atoms with van der Waals surface area (Å²) in [5.74, 6) is -3.49. The van der Waals surface area contributed by atoms with E-state index in [1.807, 2.05) is 18.2 Å². The van der Waals surface area contributed by atoms with Crippen molar-refractivity contribution in [3.8, 4) is 0 Å². The van der Waals surface area contributed by atoms with Gasteiger partial charge in [0.1, 0.15) is 5.82 Å². The first kappa shape index (κ1) is 21.0. The fourth-order valence-corrected chi connectivity index (χ4v) is 3.35. The van der Waals surface area contributed by atoms with Crippen LogP contribution in [0.3, 0.4) is 0 Å². The highest BCUT2D eigenvalue weighted by atomic mass is 19.1. The van der Waals surface area contributed by atoms with Gasteiger partial charge in [-0.2, -0.15) is 0 Å². The second-order valence-electron chi connectivity index (χ2n) is 6.82. The van der Waals surface area contributed by atoms with E-state index in [1.54, 1.807) is 18.2 Å². The molecule has 30 heavy (non-hydrogen) atoms. The van der Waals surface area contributed by atoms with Crippen LogP contribution in [0.2, 0.25) is 0 Å². The molecule has 1 aliphatic heterocycles. The molecule has 0 saturated heterocycles. The molecular formula is C23H20FNO5. The van der Waals surface area contributed by atoms with E-state index < -0.39 is 35.3 Å². The maximum absolute atomic E-state index is 13.4. The SMILES string of the molecule is O=C(O)CCCN1C(=O)C(O)=C(C(=O)/C=C/c2ccccc2)[C@H]1c1ccc(F)cc1. The maximum Gasteiger partial charge on any atom is 0.303 e. The number of amides is 1. The number of aliphatic hydroxyl groups excluding tert-OH is 1. The number of rotatable bonds is 8. The van der Waals surface area contributed by atoms with Gasteiger partial charge in [-0.05, 0) is 35.8 Å². The van der Waals surface area contributed by atoms with E-state index in [9.17, 15) is 23.9 Å². The number of carboxylic acids is 1. The van der Waals surface area contributed by atoms with Crippen LogP contribution in [-0.4, -0.2) is 39.3 Å². The lowest BCUT2D eigenvalue weighted by Crippen LogP contribution is -2.32. The highest BCUT2D eigenvalue weighted by molar-refractivity contribution is 6.14. The number of halogens is 1. The molecule has 1 amide bonds. The van der Waals surface area contributed by atoms with E-state index in [4.69, 9.17) is 5.11 Å². The molecule has 0 saturated carbocycles. The number of nitrogens with zero attached hydrogens (tertiary/aromatic N) is 1. The van der Waals surface area contributed by atoms with Crippen molar-refractivity contribution >= 4 is 23.7 Å². The molecule has 0 radical (unpaired) electrons. The normalized spacial score (nSPS) is 16.5. The number of allylic oxidation sites excluding steroid dienone is 1. The highest BCUT2D eigenvalue weighted by Gasteiger charge is 2.42. The summed E-state index contributed by atoms with van der Waals surface area (Å²) < 4.78 is 13.4. The van der Waals surface area contributed by atoms with Gasteiger partial charge in [-0.3, -0.25) is 14.4 Å². The van der Waals surface area contributed by atoms with Crippen molar-refractivity contribution in [2.75, 3.05) is 6.54 Å². The summed E-state index contributed by atoms with van der Waals surface area (Å²) in [4.78, 5) is 37.6. The smallest absolute Gasteiger partial charge is 0.303 e. The molecular weight excluding hydrogens is 389 g/mol. The van der Waals surface area contributed by atoms with E-state index in [-0.39, 0.29) is 25.0 Å². The molecule has 0 unspecified atom stereocenters. The lowest BCUT2D eigenvalue weighted by atomic mass is 9.95. The van der Waals surface area contributed by atoms with Crippen LogP contribution in [0.5, 0.6) is 0 Å². The van der Waals surface area contributed by atoms with Crippen molar-refractivity contribution < 1.29 is 29.0 Å². The number of benzene rings is 2. The number of aliphatic carboxylic acids is 1. The molecule has 0 fully saturated rings. The molecule has 1 heterocycles. The molecule has 2 N–H and O–H groups in total. The zero-order valence-electron chi connectivity index (χ0n) is 16.0. The Morgan fingerprint density at radius 3 is 2.37 bits per heavy atom. The van der Waals surface area contributed by atoms with E-state index in [1.165, 1.54) is 35.2 Å². The Hall–Kier alpha value is -3.74. The molecule has 0 spiro atoms. The van der Waals surface area contributed by atoms with Crippen LogP contribution in [-0.2, 0) is 14.4 Å². The monoisotopic (exact) mass is 409 g/mol. The van der Waals surface area contributed by atoms with Crippen molar-refractivity contribution in [2.24, 2.45) is 0 Å². The summed E-state index contributed by atoms with van der Waals surface area (Å²) in [6.07, 6.45) is 2.82.